The van der Waals surface area contributed by atoms with E-state index in [1.54, 1.807) is 20.8 Å². The molecule has 1 fully saturated rings. The molecule has 132 valence electrons. The van der Waals surface area contributed by atoms with Gasteiger partial charge in [0.05, 0.1) is 6.61 Å². The maximum absolute atomic E-state index is 12.2. The van der Waals surface area contributed by atoms with Crippen LogP contribution in [0.25, 0.3) is 0 Å². The summed E-state index contributed by atoms with van der Waals surface area (Å²) in [6.07, 6.45) is -1.39. The Labute approximate surface area is 142 Å². The highest BCUT2D eigenvalue weighted by molar-refractivity contribution is 5.80. The van der Waals surface area contributed by atoms with Gasteiger partial charge in [0.25, 0.3) is 0 Å². The first-order chi connectivity index (χ1) is 11.0. The number of hydrogen-bond acceptors (Lipinski definition) is 3. The van der Waals surface area contributed by atoms with Gasteiger partial charge >= 0.3 is 12.1 Å². The largest absolute Gasteiger partial charge is 0.514 e. The minimum atomic E-state index is -1.44. The zero-order valence-electron chi connectivity index (χ0n) is 14.7. The molecular weight excluding hydrogens is 310 g/mol. The molecule has 1 saturated heterocycles. The van der Waals surface area contributed by atoms with Crippen LogP contribution in [-0.4, -0.2) is 50.5 Å². The summed E-state index contributed by atoms with van der Waals surface area (Å²) in [5.41, 5.74) is -1.24. The topological polar surface area (TPSA) is 83.8 Å². The average molecular weight is 336 g/mol. The number of benzene rings is 1. The molecule has 1 amide bonds. The first-order valence-electron chi connectivity index (χ1n) is 8.05. The summed E-state index contributed by atoms with van der Waals surface area (Å²) in [6.45, 7) is 7.28. The number of amides is 1. The Morgan fingerprint density at radius 1 is 1.25 bits per heavy atom. The van der Waals surface area contributed by atoms with Crippen molar-refractivity contribution in [1.82, 2.24) is 0 Å². The van der Waals surface area contributed by atoms with Crippen LogP contribution < -0.4 is 0 Å². The smallest absolute Gasteiger partial charge is 0.477 e. The van der Waals surface area contributed by atoms with Gasteiger partial charge in [-0.3, -0.25) is 0 Å². The molecule has 1 unspecified atom stereocenters. The van der Waals surface area contributed by atoms with E-state index in [9.17, 15) is 19.8 Å². The number of ether oxygens (including phenoxy) is 1. The third-order valence-corrected chi connectivity index (χ3v) is 5.21. The molecule has 0 bridgehead atoms. The van der Waals surface area contributed by atoms with E-state index in [0.717, 1.165) is 5.56 Å². The molecule has 1 aromatic carbocycles. The van der Waals surface area contributed by atoms with Crippen LogP contribution in [0.4, 0.5) is 4.79 Å². The van der Waals surface area contributed by atoms with Crippen LogP contribution in [0.1, 0.15) is 39.7 Å². The molecule has 0 spiro atoms. The lowest BCUT2D eigenvalue weighted by Gasteiger charge is -2.48. The number of quaternary nitrogens is 1. The Hall–Kier alpha value is -1.92. The zero-order valence-corrected chi connectivity index (χ0v) is 14.7. The molecule has 0 aromatic heterocycles. The van der Waals surface area contributed by atoms with Crippen molar-refractivity contribution >= 4 is 12.1 Å². The van der Waals surface area contributed by atoms with Crippen molar-refractivity contribution in [2.24, 2.45) is 0 Å². The highest BCUT2D eigenvalue weighted by atomic mass is 16.5. The second-order valence-corrected chi connectivity index (χ2v) is 7.65. The Balaban J connectivity index is 2.31. The van der Waals surface area contributed by atoms with Gasteiger partial charge in [-0.2, -0.15) is 4.79 Å². The number of rotatable bonds is 4. The molecule has 0 saturated carbocycles. The van der Waals surface area contributed by atoms with Gasteiger partial charge in [0.2, 0.25) is 5.54 Å². The van der Waals surface area contributed by atoms with Gasteiger partial charge in [0.1, 0.15) is 18.2 Å². The molecule has 1 heterocycles. The van der Waals surface area contributed by atoms with E-state index in [1.165, 1.54) is 6.92 Å². The van der Waals surface area contributed by atoms with Crippen molar-refractivity contribution in [1.29, 1.82) is 0 Å². The van der Waals surface area contributed by atoms with E-state index < -0.39 is 33.7 Å². The van der Waals surface area contributed by atoms with Crippen LogP contribution in [-0.2, 0) is 16.1 Å². The molecule has 1 aromatic rings. The van der Waals surface area contributed by atoms with E-state index in [-0.39, 0.29) is 13.0 Å². The van der Waals surface area contributed by atoms with Crippen molar-refractivity contribution in [2.75, 3.05) is 6.54 Å². The van der Waals surface area contributed by atoms with Crippen LogP contribution in [0.3, 0.4) is 0 Å². The van der Waals surface area contributed by atoms with Gasteiger partial charge in [0.15, 0.2) is 0 Å². The lowest BCUT2D eigenvalue weighted by molar-refractivity contribution is -0.929. The van der Waals surface area contributed by atoms with E-state index in [0.29, 0.717) is 6.61 Å². The minimum absolute atomic E-state index is 0.133. The third-order valence-electron chi connectivity index (χ3n) is 5.21. The SMILES string of the molecule is CC(C)(C)[N+]1(C(=O)O)C[C@H](OCc2ccccc2)C[C@@]1(C)C(=O)O. The minimum Gasteiger partial charge on any atom is -0.477 e. The van der Waals surface area contributed by atoms with Crippen molar-refractivity contribution in [3.8, 4) is 0 Å². The van der Waals surface area contributed by atoms with Crippen LogP contribution in [0, 0.1) is 0 Å². The van der Waals surface area contributed by atoms with Gasteiger partial charge < -0.3 is 14.9 Å². The number of carboxylic acid groups (broad SMARTS) is 2. The monoisotopic (exact) mass is 336 g/mol. The summed E-state index contributed by atoms with van der Waals surface area (Å²) in [5.74, 6) is -1.11. The fraction of sp³-hybridized carbons (Fsp3) is 0.556. The number of nitrogens with zero attached hydrogens (tertiary/aromatic N) is 1. The van der Waals surface area contributed by atoms with Crippen LogP contribution in [0.5, 0.6) is 0 Å². The molecule has 2 rings (SSSR count). The van der Waals surface area contributed by atoms with Crippen LogP contribution >= 0.6 is 0 Å². The van der Waals surface area contributed by atoms with Gasteiger partial charge in [0, 0.05) is 13.3 Å². The second-order valence-electron chi connectivity index (χ2n) is 7.65. The van der Waals surface area contributed by atoms with Gasteiger partial charge in [-0.1, -0.05) is 30.3 Å². The summed E-state index contributed by atoms with van der Waals surface area (Å²) < 4.78 is 5.35. The third kappa shape index (κ3) is 2.80. The molecule has 6 heteroatoms. The first kappa shape index (κ1) is 18.4. The first-order valence-corrected chi connectivity index (χ1v) is 8.05. The average Bonchev–Trinajstić information content (AvgIpc) is 2.81. The molecule has 1 aliphatic heterocycles. The quantitative estimate of drug-likeness (QED) is 0.825. The van der Waals surface area contributed by atoms with Gasteiger partial charge in [-0.05, 0) is 26.3 Å². The number of carbonyl (C=O) groups is 2. The summed E-state index contributed by atoms with van der Waals surface area (Å²) in [7, 11) is 0. The summed E-state index contributed by atoms with van der Waals surface area (Å²) >= 11 is 0. The number of likely N-dealkylation sites (tertiary alicyclic amines) is 1. The molecule has 2 N–H and O–H groups in total. The highest BCUT2D eigenvalue weighted by Gasteiger charge is 2.70. The Morgan fingerprint density at radius 3 is 2.25 bits per heavy atom. The zero-order chi connectivity index (χ0) is 18.2. The Morgan fingerprint density at radius 2 is 1.83 bits per heavy atom. The highest BCUT2D eigenvalue weighted by Crippen LogP contribution is 2.45. The van der Waals surface area contributed by atoms with Crippen molar-refractivity contribution in [3.05, 3.63) is 35.9 Å². The van der Waals surface area contributed by atoms with E-state index >= 15 is 0 Å². The van der Waals surface area contributed by atoms with E-state index in [1.807, 2.05) is 30.3 Å². The second kappa shape index (κ2) is 6.18. The summed E-state index contributed by atoms with van der Waals surface area (Å²) in [4.78, 5) is 24.1. The summed E-state index contributed by atoms with van der Waals surface area (Å²) in [6, 6.07) is 9.57. The molecule has 6 nitrogen and oxygen atoms in total. The predicted octanol–water partition coefficient (Wildman–Crippen LogP) is 3.11. The Kier molecular flexibility index (Phi) is 4.74. The van der Waals surface area contributed by atoms with E-state index in [2.05, 4.69) is 0 Å². The summed E-state index contributed by atoms with van der Waals surface area (Å²) in [5, 5.41) is 19.7. The van der Waals surface area contributed by atoms with Crippen LogP contribution in [0.15, 0.2) is 30.3 Å². The van der Waals surface area contributed by atoms with Crippen molar-refractivity contribution in [2.45, 2.75) is 57.9 Å². The number of hydrogen-bond donors (Lipinski definition) is 2. The number of aliphatic carboxylic acids is 1. The lowest BCUT2D eigenvalue weighted by Crippen LogP contribution is -2.73. The fourth-order valence-electron chi connectivity index (χ4n) is 3.91. The molecule has 0 aliphatic carbocycles. The molecule has 1 aliphatic rings. The fourth-order valence-corrected chi connectivity index (χ4v) is 3.91. The molecular formula is C18H26NO5+. The standard InChI is InChI=1S/C18H25NO5/c1-17(2,3)19(16(22)23)11-14(10-18(19,4)15(20)21)24-12-13-8-6-5-7-9-13/h5-9,14H,10-12H2,1-4H3,(H-,20,21,22,23)/p+1/t14-,18+,19?/m1/s1. The molecule has 3 atom stereocenters. The normalized spacial score (nSPS) is 30.2. The predicted molar refractivity (Wildman–Crippen MR) is 88.6 cm³/mol. The van der Waals surface area contributed by atoms with Crippen molar-refractivity contribution in [3.63, 3.8) is 0 Å². The molecule has 24 heavy (non-hydrogen) atoms. The van der Waals surface area contributed by atoms with Crippen LogP contribution in [0.2, 0.25) is 0 Å². The van der Waals surface area contributed by atoms with Gasteiger partial charge in [-0.25, -0.2) is 9.28 Å². The number of carboxylic acids is 1. The molecule has 0 radical (unpaired) electrons. The van der Waals surface area contributed by atoms with E-state index in [4.69, 9.17) is 4.74 Å². The maximum Gasteiger partial charge on any atom is 0.514 e. The maximum atomic E-state index is 12.2. The lowest BCUT2D eigenvalue weighted by atomic mass is 9.90. The van der Waals surface area contributed by atoms with Gasteiger partial charge in [-0.15, -0.1) is 0 Å². The Bertz CT molecular complexity index is 624. The van der Waals surface area contributed by atoms with Crippen molar-refractivity contribution < 1.29 is 29.0 Å².